The number of benzene rings is 1. The standard InChI is InChI=1S/C17H20N4O2/c1-13-3-2-4-14(9-13)11-18-17(22)15-10-16(20-12-19-15)21-5-7-23-8-6-21/h2-4,9-10,12H,5-8,11H2,1H3,(H,18,22). The molecule has 23 heavy (non-hydrogen) atoms. The molecule has 0 spiro atoms. The van der Waals surface area contributed by atoms with Gasteiger partial charge in [0.25, 0.3) is 5.91 Å². The van der Waals surface area contributed by atoms with E-state index in [1.165, 1.54) is 11.9 Å². The second kappa shape index (κ2) is 7.19. The van der Waals surface area contributed by atoms with Gasteiger partial charge in [-0.05, 0) is 12.5 Å². The van der Waals surface area contributed by atoms with Crippen molar-refractivity contribution in [3.8, 4) is 0 Å². The van der Waals surface area contributed by atoms with Crippen molar-refractivity contribution >= 4 is 11.7 Å². The number of carbonyl (C=O) groups is 1. The van der Waals surface area contributed by atoms with Gasteiger partial charge in [0.2, 0.25) is 0 Å². The molecule has 1 saturated heterocycles. The SMILES string of the molecule is Cc1cccc(CNC(=O)c2cc(N3CCOCC3)ncn2)c1. The molecule has 0 aliphatic carbocycles. The molecular formula is C17H20N4O2. The van der Waals surface area contributed by atoms with Crippen LogP contribution in [0.25, 0.3) is 0 Å². The van der Waals surface area contributed by atoms with Gasteiger partial charge in [-0.1, -0.05) is 29.8 Å². The minimum atomic E-state index is -0.191. The zero-order valence-corrected chi connectivity index (χ0v) is 13.2. The topological polar surface area (TPSA) is 67.4 Å². The molecule has 1 fully saturated rings. The highest BCUT2D eigenvalue weighted by atomic mass is 16.5. The summed E-state index contributed by atoms with van der Waals surface area (Å²) in [4.78, 5) is 22.7. The lowest BCUT2D eigenvalue weighted by Gasteiger charge is -2.27. The highest BCUT2D eigenvalue weighted by molar-refractivity contribution is 5.92. The van der Waals surface area contributed by atoms with E-state index < -0.39 is 0 Å². The van der Waals surface area contributed by atoms with Crippen molar-refractivity contribution in [3.05, 3.63) is 53.5 Å². The van der Waals surface area contributed by atoms with Crippen LogP contribution in [0.1, 0.15) is 21.6 Å². The number of rotatable bonds is 4. The average Bonchev–Trinajstić information content (AvgIpc) is 2.61. The van der Waals surface area contributed by atoms with Crippen molar-refractivity contribution in [2.75, 3.05) is 31.2 Å². The maximum Gasteiger partial charge on any atom is 0.270 e. The van der Waals surface area contributed by atoms with Gasteiger partial charge >= 0.3 is 0 Å². The Morgan fingerprint density at radius 1 is 1.26 bits per heavy atom. The molecule has 0 saturated carbocycles. The third kappa shape index (κ3) is 4.04. The molecule has 120 valence electrons. The number of ether oxygens (including phenoxy) is 1. The third-order valence-corrected chi connectivity index (χ3v) is 3.76. The molecule has 2 heterocycles. The smallest absolute Gasteiger partial charge is 0.270 e. The van der Waals surface area contributed by atoms with Crippen LogP contribution < -0.4 is 10.2 Å². The summed E-state index contributed by atoms with van der Waals surface area (Å²) in [5.74, 6) is 0.576. The first-order valence-corrected chi connectivity index (χ1v) is 7.71. The fraction of sp³-hybridized carbons (Fsp3) is 0.353. The summed E-state index contributed by atoms with van der Waals surface area (Å²) >= 11 is 0. The number of hydrogen-bond acceptors (Lipinski definition) is 5. The van der Waals surface area contributed by atoms with Gasteiger partial charge in [0, 0.05) is 25.7 Å². The van der Waals surface area contributed by atoms with Gasteiger partial charge in [-0.2, -0.15) is 0 Å². The first-order valence-electron chi connectivity index (χ1n) is 7.71. The molecule has 6 heteroatoms. The summed E-state index contributed by atoms with van der Waals surface area (Å²) in [7, 11) is 0. The predicted molar refractivity (Wildman–Crippen MR) is 87.4 cm³/mol. The largest absolute Gasteiger partial charge is 0.378 e. The summed E-state index contributed by atoms with van der Waals surface area (Å²) in [6, 6.07) is 9.80. The van der Waals surface area contributed by atoms with E-state index in [0.717, 1.165) is 24.5 Å². The molecule has 1 amide bonds. The molecule has 1 aliphatic heterocycles. The van der Waals surface area contributed by atoms with Gasteiger partial charge in [0.1, 0.15) is 17.8 Å². The van der Waals surface area contributed by atoms with Crippen LogP contribution in [0.5, 0.6) is 0 Å². The lowest BCUT2D eigenvalue weighted by atomic mass is 10.1. The first-order chi connectivity index (χ1) is 11.2. The molecule has 0 unspecified atom stereocenters. The Labute approximate surface area is 135 Å². The highest BCUT2D eigenvalue weighted by Crippen LogP contribution is 2.13. The minimum absolute atomic E-state index is 0.191. The number of morpholine rings is 1. The van der Waals surface area contributed by atoms with Crippen molar-refractivity contribution in [1.29, 1.82) is 0 Å². The summed E-state index contributed by atoms with van der Waals surface area (Å²) in [6.07, 6.45) is 1.44. The molecule has 1 aromatic carbocycles. The molecule has 6 nitrogen and oxygen atoms in total. The Balaban J connectivity index is 1.65. The monoisotopic (exact) mass is 312 g/mol. The Morgan fingerprint density at radius 3 is 2.87 bits per heavy atom. The lowest BCUT2D eigenvalue weighted by molar-refractivity contribution is 0.0945. The van der Waals surface area contributed by atoms with Crippen LogP contribution in [0.2, 0.25) is 0 Å². The van der Waals surface area contributed by atoms with E-state index in [1.54, 1.807) is 6.07 Å². The van der Waals surface area contributed by atoms with Crippen LogP contribution in [0, 0.1) is 6.92 Å². The average molecular weight is 312 g/mol. The number of nitrogens with one attached hydrogen (secondary N) is 1. The van der Waals surface area contributed by atoms with Gasteiger partial charge in [-0.15, -0.1) is 0 Å². The summed E-state index contributed by atoms with van der Waals surface area (Å²) in [5, 5.41) is 2.90. The van der Waals surface area contributed by atoms with Crippen LogP contribution >= 0.6 is 0 Å². The number of anilines is 1. The van der Waals surface area contributed by atoms with Crippen molar-refractivity contribution in [1.82, 2.24) is 15.3 Å². The van der Waals surface area contributed by atoms with Gasteiger partial charge in [-0.25, -0.2) is 9.97 Å². The Morgan fingerprint density at radius 2 is 2.09 bits per heavy atom. The highest BCUT2D eigenvalue weighted by Gasteiger charge is 2.15. The maximum atomic E-state index is 12.3. The molecular weight excluding hydrogens is 292 g/mol. The predicted octanol–water partition coefficient (Wildman–Crippen LogP) is 1.55. The molecule has 1 aromatic heterocycles. The van der Waals surface area contributed by atoms with E-state index in [4.69, 9.17) is 4.74 Å². The van der Waals surface area contributed by atoms with E-state index >= 15 is 0 Å². The van der Waals surface area contributed by atoms with Crippen LogP contribution in [0.3, 0.4) is 0 Å². The van der Waals surface area contributed by atoms with E-state index in [0.29, 0.717) is 25.5 Å². The summed E-state index contributed by atoms with van der Waals surface area (Å²) < 4.78 is 5.33. The number of aryl methyl sites for hydroxylation is 1. The first kappa shape index (κ1) is 15.4. The number of amides is 1. The minimum Gasteiger partial charge on any atom is -0.378 e. The summed E-state index contributed by atoms with van der Waals surface area (Å²) in [6.45, 7) is 5.43. The van der Waals surface area contributed by atoms with Gasteiger partial charge in [-0.3, -0.25) is 4.79 Å². The van der Waals surface area contributed by atoms with Crippen LogP contribution in [0.4, 0.5) is 5.82 Å². The maximum absolute atomic E-state index is 12.3. The summed E-state index contributed by atoms with van der Waals surface area (Å²) in [5.41, 5.74) is 2.63. The molecule has 0 radical (unpaired) electrons. The van der Waals surface area contributed by atoms with E-state index in [1.807, 2.05) is 25.1 Å². The molecule has 3 rings (SSSR count). The van der Waals surface area contributed by atoms with Gasteiger partial charge < -0.3 is 15.0 Å². The quantitative estimate of drug-likeness (QED) is 0.928. The number of carbonyl (C=O) groups excluding carboxylic acids is 1. The normalized spacial score (nSPS) is 14.6. The Kier molecular flexibility index (Phi) is 4.83. The Hall–Kier alpha value is -2.47. The van der Waals surface area contributed by atoms with Crippen molar-refractivity contribution < 1.29 is 9.53 Å². The van der Waals surface area contributed by atoms with E-state index in [9.17, 15) is 4.79 Å². The Bertz CT molecular complexity index is 684. The van der Waals surface area contributed by atoms with Gasteiger partial charge in [0.05, 0.1) is 13.2 Å². The second-order valence-corrected chi connectivity index (χ2v) is 5.53. The molecule has 1 N–H and O–H groups in total. The molecule has 0 bridgehead atoms. The lowest BCUT2D eigenvalue weighted by Crippen LogP contribution is -2.37. The van der Waals surface area contributed by atoms with Crippen molar-refractivity contribution in [3.63, 3.8) is 0 Å². The van der Waals surface area contributed by atoms with Crippen LogP contribution in [-0.4, -0.2) is 42.2 Å². The van der Waals surface area contributed by atoms with E-state index in [-0.39, 0.29) is 5.91 Å². The molecule has 0 atom stereocenters. The zero-order chi connectivity index (χ0) is 16.1. The number of aromatic nitrogens is 2. The zero-order valence-electron chi connectivity index (χ0n) is 13.2. The fourth-order valence-corrected chi connectivity index (χ4v) is 2.53. The molecule has 1 aliphatic rings. The number of nitrogens with zero attached hydrogens (tertiary/aromatic N) is 3. The van der Waals surface area contributed by atoms with Crippen LogP contribution in [0.15, 0.2) is 36.7 Å². The van der Waals surface area contributed by atoms with E-state index in [2.05, 4.69) is 26.3 Å². The van der Waals surface area contributed by atoms with Gasteiger partial charge in [0.15, 0.2) is 0 Å². The van der Waals surface area contributed by atoms with Crippen LogP contribution in [-0.2, 0) is 11.3 Å². The second-order valence-electron chi connectivity index (χ2n) is 5.53. The number of hydrogen-bond donors (Lipinski definition) is 1. The third-order valence-electron chi connectivity index (χ3n) is 3.76. The molecule has 2 aromatic rings. The van der Waals surface area contributed by atoms with Crippen molar-refractivity contribution in [2.45, 2.75) is 13.5 Å². The van der Waals surface area contributed by atoms with Crippen molar-refractivity contribution in [2.24, 2.45) is 0 Å². The fourth-order valence-electron chi connectivity index (χ4n) is 2.53.